The molecule has 0 amide bonds. The third-order valence-corrected chi connectivity index (χ3v) is 4.10. The molecular weight excluding hydrogens is 324 g/mol. The van der Waals surface area contributed by atoms with E-state index >= 15 is 0 Å². The Labute approximate surface area is 133 Å². The lowest BCUT2D eigenvalue weighted by Gasteiger charge is -2.24. The van der Waals surface area contributed by atoms with E-state index in [1.54, 1.807) is 0 Å². The molecule has 2 aromatic carbocycles. The standard InChI is InChI=1S/C18H17BrN2/c1-2-21(13-16-11-10-15(19)12-20-16)18-9-5-7-14-6-3-4-8-17(14)18/h3-12H,2,13H2,1H3. The summed E-state index contributed by atoms with van der Waals surface area (Å²) >= 11 is 3.43. The molecule has 0 bridgehead atoms. The van der Waals surface area contributed by atoms with Crippen LogP contribution in [0, 0.1) is 0 Å². The molecule has 1 aromatic heterocycles. The second-order valence-electron chi connectivity index (χ2n) is 4.98. The zero-order valence-electron chi connectivity index (χ0n) is 12.0. The molecule has 0 saturated carbocycles. The van der Waals surface area contributed by atoms with Gasteiger partial charge in [0.15, 0.2) is 0 Å². The van der Waals surface area contributed by atoms with Crippen molar-refractivity contribution in [2.24, 2.45) is 0 Å². The molecule has 0 spiro atoms. The number of rotatable bonds is 4. The van der Waals surface area contributed by atoms with Crippen molar-refractivity contribution < 1.29 is 0 Å². The largest absolute Gasteiger partial charge is 0.365 e. The third-order valence-electron chi connectivity index (χ3n) is 3.63. The molecular formula is C18H17BrN2. The van der Waals surface area contributed by atoms with Crippen molar-refractivity contribution in [2.75, 3.05) is 11.4 Å². The van der Waals surface area contributed by atoms with Crippen LogP contribution in [0.2, 0.25) is 0 Å². The van der Waals surface area contributed by atoms with Crippen molar-refractivity contribution in [3.8, 4) is 0 Å². The average Bonchev–Trinajstić information content (AvgIpc) is 2.54. The molecule has 21 heavy (non-hydrogen) atoms. The first kappa shape index (κ1) is 14.1. The van der Waals surface area contributed by atoms with Crippen molar-refractivity contribution in [3.63, 3.8) is 0 Å². The van der Waals surface area contributed by atoms with Crippen molar-refractivity contribution in [2.45, 2.75) is 13.5 Å². The van der Waals surface area contributed by atoms with Crippen LogP contribution in [-0.2, 0) is 6.54 Å². The van der Waals surface area contributed by atoms with Crippen LogP contribution in [0.5, 0.6) is 0 Å². The first-order valence-electron chi connectivity index (χ1n) is 7.11. The van der Waals surface area contributed by atoms with Gasteiger partial charge < -0.3 is 4.90 Å². The Hall–Kier alpha value is -1.87. The van der Waals surface area contributed by atoms with Gasteiger partial charge in [-0.15, -0.1) is 0 Å². The maximum atomic E-state index is 4.48. The summed E-state index contributed by atoms with van der Waals surface area (Å²) in [6, 6.07) is 19.1. The van der Waals surface area contributed by atoms with Gasteiger partial charge in [0.2, 0.25) is 0 Å². The molecule has 2 nitrogen and oxygen atoms in total. The van der Waals surface area contributed by atoms with Gasteiger partial charge in [0.05, 0.1) is 12.2 Å². The smallest absolute Gasteiger partial charge is 0.0602 e. The number of hydrogen-bond acceptors (Lipinski definition) is 2. The second kappa shape index (κ2) is 6.27. The van der Waals surface area contributed by atoms with Crippen molar-refractivity contribution in [1.29, 1.82) is 0 Å². The molecule has 106 valence electrons. The third kappa shape index (κ3) is 3.08. The van der Waals surface area contributed by atoms with Gasteiger partial charge in [0, 0.05) is 28.3 Å². The van der Waals surface area contributed by atoms with Crippen molar-refractivity contribution >= 4 is 32.4 Å². The summed E-state index contributed by atoms with van der Waals surface area (Å²) in [7, 11) is 0. The molecule has 0 N–H and O–H groups in total. The lowest BCUT2D eigenvalue weighted by molar-refractivity contribution is 0.812. The number of benzene rings is 2. The molecule has 0 aliphatic heterocycles. The zero-order chi connectivity index (χ0) is 14.7. The summed E-state index contributed by atoms with van der Waals surface area (Å²) in [5, 5.41) is 2.57. The first-order chi connectivity index (χ1) is 10.3. The summed E-state index contributed by atoms with van der Waals surface area (Å²) in [6.45, 7) is 3.95. The van der Waals surface area contributed by atoms with Crippen LogP contribution in [0.4, 0.5) is 5.69 Å². The Morgan fingerprint density at radius 2 is 1.81 bits per heavy atom. The summed E-state index contributed by atoms with van der Waals surface area (Å²) < 4.78 is 1.01. The molecule has 0 aliphatic rings. The van der Waals surface area contributed by atoms with Gasteiger partial charge in [-0.2, -0.15) is 0 Å². The van der Waals surface area contributed by atoms with Crippen molar-refractivity contribution in [3.05, 3.63) is 71.0 Å². The molecule has 3 heteroatoms. The first-order valence-corrected chi connectivity index (χ1v) is 7.90. The van der Waals surface area contributed by atoms with Gasteiger partial charge in [0.25, 0.3) is 0 Å². The number of fused-ring (bicyclic) bond motifs is 1. The molecule has 0 aliphatic carbocycles. The lowest BCUT2D eigenvalue weighted by Crippen LogP contribution is -2.22. The van der Waals surface area contributed by atoms with E-state index in [-0.39, 0.29) is 0 Å². The summed E-state index contributed by atoms with van der Waals surface area (Å²) in [6.07, 6.45) is 1.85. The van der Waals surface area contributed by atoms with Crippen LogP contribution in [0.15, 0.2) is 65.3 Å². The van der Waals surface area contributed by atoms with E-state index in [1.807, 2.05) is 12.3 Å². The molecule has 0 atom stereocenters. The lowest BCUT2D eigenvalue weighted by atomic mass is 10.1. The fourth-order valence-corrected chi connectivity index (χ4v) is 2.78. The number of nitrogens with zero attached hydrogens (tertiary/aromatic N) is 2. The second-order valence-corrected chi connectivity index (χ2v) is 5.90. The van der Waals surface area contributed by atoms with Gasteiger partial charge >= 0.3 is 0 Å². The van der Waals surface area contributed by atoms with Crippen LogP contribution in [0.25, 0.3) is 10.8 Å². The summed E-state index contributed by atoms with van der Waals surface area (Å²) in [4.78, 5) is 6.84. The normalized spacial score (nSPS) is 10.8. The molecule has 3 rings (SSSR count). The minimum Gasteiger partial charge on any atom is -0.365 e. The van der Waals surface area contributed by atoms with E-state index in [9.17, 15) is 0 Å². The predicted octanol–water partition coefficient (Wildman–Crippen LogP) is 5.02. The van der Waals surface area contributed by atoms with Crippen LogP contribution in [0.1, 0.15) is 12.6 Å². The fourth-order valence-electron chi connectivity index (χ4n) is 2.55. The minimum absolute atomic E-state index is 0.817. The highest BCUT2D eigenvalue weighted by atomic mass is 79.9. The Kier molecular flexibility index (Phi) is 4.20. The Balaban J connectivity index is 1.96. The van der Waals surface area contributed by atoms with E-state index in [0.29, 0.717) is 0 Å². The zero-order valence-corrected chi connectivity index (χ0v) is 13.5. The number of aromatic nitrogens is 1. The summed E-state index contributed by atoms with van der Waals surface area (Å²) in [5.74, 6) is 0. The quantitative estimate of drug-likeness (QED) is 0.662. The Bertz CT molecular complexity index is 732. The highest BCUT2D eigenvalue weighted by Gasteiger charge is 2.09. The maximum Gasteiger partial charge on any atom is 0.0602 e. The fraction of sp³-hybridized carbons (Fsp3) is 0.167. The Morgan fingerprint density at radius 3 is 2.57 bits per heavy atom. The maximum absolute atomic E-state index is 4.48. The van der Waals surface area contributed by atoms with Gasteiger partial charge in [-0.1, -0.05) is 36.4 Å². The molecule has 1 heterocycles. The van der Waals surface area contributed by atoms with E-state index < -0.39 is 0 Å². The van der Waals surface area contributed by atoms with Gasteiger partial charge in [-0.05, 0) is 46.4 Å². The van der Waals surface area contributed by atoms with E-state index in [4.69, 9.17) is 0 Å². The van der Waals surface area contributed by atoms with Crippen LogP contribution in [-0.4, -0.2) is 11.5 Å². The SMILES string of the molecule is CCN(Cc1ccc(Br)cn1)c1cccc2ccccc12. The molecule has 0 saturated heterocycles. The minimum atomic E-state index is 0.817. The van der Waals surface area contributed by atoms with E-state index in [1.165, 1.54) is 16.5 Å². The summed E-state index contributed by atoms with van der Waals surface area (Å²) in [5.41, 5.74) is 2.34. The molecule has 0 unspecified atom stereocenters. The number of hydrogen-bond donors (Lipinski definition) is 0. The van der Waals surface area contributed by atoms with Gasteiger partial charge in [0.1, 0.15) is 0 Å². The highest BCUT2D eigenvalue weighted by Crippen LogP contribution is 2.27. The topological polar surface area (TPSA) is 16.1 Å². The number of anilines is 1. The molecule has 3 aromatic rings. The van der Waals surface area contributed by atoms with E-state index in [0.717, 1.165) is 23.3 Å². The van der Waals surface area contributed by atoms with Crippen LogP contribution < -0.4 is 4.90 Å². The van der Waals surface area contributed by atoms with Crippen LogP contribution >= 0.6 is 15.9 Å². The number of pyridine rings is 1. The monoisotopic (exact) mass is 340 g/mol. The highest BCUT2D eigenvalue weighted by molar-refractivity contribution is 9.10. The van der Waals surface area contributed by atoms with E-state index in [2.05, 4.69) is 81.3 Å². The van der Waals surface area contributed by atoms with Crippen molar-refractivity contribution in [1.82, 2.24) is 4.98 Å². The Morgan fingerprint density at radius 1 is 1.00 bits per heavy atom. The number of halogens is 1. The van der Waals surface area contributed by atoms with Gasteiger partial charge in [-0.3, -0.25) is 4.98 Å². The molecule has 0 radical (unpaired) electrons. The van der Waals surface area contributed by atoms with Crippen LogP contribution in [0.3, 0.4) is 0 Å². The predicted molar refractivity (Wildman–Crippen MR) is 92.6 cm³/mol. The average molecular weight is 341 g/mol. The molecule has 0 fully saturated rings. The van der Waals surface area contributed by atoms with Gasteiger partial charge in [-0.25, -0.2) is 0 Å².